The molecular formula is C12H18O3. The molecule has 0 spiro atoms. The van der Waals surface area contributed by atoms with Crippen molar-refractivity contribution in [1.82, 2.24) is 0 Å². The highest BCUT2D eigenvalue weighted by atomic mass is 16.4. The second-order valence-corrected chi connectivity index (χ2v) is 6.08. The van der Waals surface area contributed by atoms with Crippen molar-refractivity contribution in [2.24, 2.45) is 16.2 Å². The highest BCUT2D eigenvalue weighted by molar-refractivity contribution is 5.93. The summed E-state index contributed by atoms with van der Waals surface area (Å²) in [5.41, 5.74) is -1.25. The number of ketones is 1. The van der Waals surface area contributed by atoms with Crippen LogP contribution in [-0.2, 0) is 9.59 Å². The van der Waals surface area contributed by atoms with Gasteiger partial charge < -0.3 is 5.11 Å². The zero-order valence-corrected chi connectivity index (χ0v) is 9.59. The largest absolute Gasteiger partial charge is 0.481 e. The van der Waals surface area contributed by atoms with E-state index in [1.165, 1.54) is 0 Å². The summed E-state index contributed by atoms with van der Waals surface area (Å²) >= 11 is 0. The average Bonchev–Trinajstić information content (AvgIpc) is 2.08. The Bertz CT molecular complexity index is 345. The summed E-state index contributed by atoms with van der Waals surface area (Å²) in [6.07, 6.45) is 2.26. The Morgan fingerprint density at radius 1 is 1.27 bits per heavy atom. The summed E-state index contributed by atoms with van der Waals surface area (Å²) in [5.74, 6) is -0.641. The quantitative estimate of drug-likeness (QED) is 0.722. The third-order valence-electron chi connectivity index (χ3n) is 4.95. The predicted octanol–water partition coefficient (Wildman–Crippen LogP) is 2.25. The predicted molar refractivity (Wildman–Crippen MR) is 55.4 cm³/mol. The number of rotatable bonds is 1. The number of fused-ring (bicyclic) bond motifs is 3. The Balaban J connectivity index is 2.47. The number of hydrogen-bond acceptors (Lipinski definition) is 2. The van der Waals surface area contributed by atoms with Crippen LogP contribution in [0.4, 0.5) is 0 Å². The van der Waals surface area contributed by atoms with Gasteiger partial charge in [0.2, 0.25) is 0 Å². The van der Waals surface area contributed by atoms with Crippen LogP contribution in [0.3, 0.4) is 0 Å². The molecule has 0 unspecified atom stereocenters. The lowest BCUT2D eigenvalue weighted by Crippen LogP contribution is -2.59. The van der Waals surface area contributed by atoms with Crippen molar-refractivity contribution in [3.8, 4) is 0 Å². The third kappa shape index (κ3) is 1.12. The molecule has 3 aliphatic carbocycles. The Morgan fingerprint density at radius 3 is 2.27 bits per heavy atom. The molecular weight excluding hydrogens is 192 g/mol. The van der Waals surface area contributed by atoms with Crippen LogP contribution in [0, 0.1) is 16.2 Å². The number of aliphatic carboxylic acids is 1. The molecule has 0 aliphatic heterocycles. The van der Waals surface area contributed by atoms with Crippen LogP contribution >= 0.6 is 0 Å². The Morgan fingerprint density at radius 2 is 1.87 bits per heavy atom. The molecule has 0 heterocycles. The van der Waals surface area contributed by atoms with Crippen molar-refractivity contribution in [2.75, 3.05) is 0 Å². The van der Waals surface area contributed by atoms with Gasteiger partial charge in [-0.25, -0.2) is 0 Å². The normalized spacial score (nSPS) is 43.0. The number of Topliss-reactive ketones (excluding diaryl/α,β-unsaturated/α-hetero) is 1. The molecule has 3 heteroatoms. The molecule has 3 nitrogen and oxygen atoms in total. The lowest BCUT2D eigenvalue weighted by atomic mass is 9.44. The fourth-order valence-electron chi connectivity index (χ4n) is 3.39. The van der Waals surface area contributed by atoms with Gasteiger partial charge in [0.1, 0.15) is 5.78 Å². The van der Waals surface area contributed by atoms with Crippen LogP contribution in [-0.4, -0.2) is 16.9 Å². The van der Waals surface area contributed by atoms with Crippen LogP contribution in [0.25, 0.3) is 0 Å². The zero-order chi connectivity index (χ0) is 11.5. The fraction of sp³-hybridized carbons (Fsp3) is 0.833. The van der Waals surface area contributed by atoms with Gasteiger partial charge in [0.25, 0.3) is 0 Å². The average molecular weight is 210 g/mol. The van der Waals surface area contributed by atoms with Gasteiger partial charge in [-0.15, -0.1) is 0 Å². The highest BCUT2D eigenvalue weighted by Crippen LogP contribution is 2.63. The van der Waals surface area contributed by atoms with Crippen molar-refractivity contribution in [3.05, 3.63) is 0 Å². The molecule has 0 saturated heterocycles. The second kappa shape index (κ2) is 2.63. The highest BCUT2D eigenvalue weighted by Gasteiger charge is 2.63. The van der Waals surface area contributed by atoms with Crippen molar-refractivity contribution < 1.29 is 14.7 Å². The first kappa shape index (κ1) is 10.7. The summed E-state index contributed by atoms with van der Waals surface area (Å²) in [4.78, 5) is 23.4. The Hall–Kier alpha value is -0.860. The molecule has 2 atom stereocenters. The fourth-order valence-corrected chi connectivity index (χ4v) is 3.39. The van der Waals surface area contributed by atoms with Crippen molar-refractivity contribution in [3.63, 3.8) is 0 Å². The molecule has 0 aromatic rings. The monoisotopic (exact) mass is 210 g/mol. The molecule has 2 bridgehead atoms. The van der Waals surface area contributed by atoms with E-state index in [-0.39, 0.29) is 23.0 Å². The first-order valence-electron chi connectivity index (χ1n) is 5.50. The SMILES string of the molecule is CC1(C)C[C@]2(C(=O)O)CC[C@]1(C)C(=O)C2. The summed E-state index contributed by atoms with van der Waals surface area (Å²) in [5, 5.41) is 9.30. The molecule has 3 saturated carbocycles. The van der Waals surface area contributed by atoms with Gasteiger partial charge in [-0.2, -0.15) is 0 Å². The third-order valence-corrected chi connectivity index (χ3v) is 4.95. The minimum atomic E-state index is -0.786. The lowest BCUT2D eigenvalue weighted by Gasteiger charge is -2.58. The van der Waals surface area contributed by atoms with Crippen LogP contribution < -0.4 is 0 Å². The maximum absolute atomic E-state index is 12.0. The molecule has 1 N–H and O–H groups in total. The summed E-state index contributed by atoms with van der Waals surface area (Å²) in [6.45, 7) is 6.06. The molecule has 3 aliphatic rings. The molecule has 0 aromatic heterocycles. The van der Waals surface area contributed by atoms with Crippen LogP contribution in [0.15, 0.2) is 0 Å². The van der Waals surface area contributed by atoms with E-state index in [1.54, 1.807) is 0 Å². The lowest BCUT2D eigenvalue weighted by molar-refractivity contribution is -0.179. The van der Waals surface area contributed by atoms with E-state index < -0.39 is 11.4 Å². The van der Waals surface area contributed by atoms with E-state index in [1.807, 2.05) is 20.8 Å². The molecule has 0 amide bonds. The molecule has 3 rings (SSSR count). The van der Waals surface area contributed by atoms with Gasteiger partial charge in [-0.1, -0.05) is 20.8 Å². The maximum Gasteiger partial charge on any atom is 0.310 e. The maximum atomic E-state index is 12.0. The molecule has 0 aromatic carbocycles. The Labute approximate surface area is 89.9 Å². The second-order valence-electron chi connectivity index (χ2n) is 6.08. The van der Waals surface area contributed by atoms with Crippen LogP contribution in [0.2, 0.25) is 0 Å². The first-order valence-corrected chi connectivity index (χ1v) is 5.50. The summed E-state index contributed by atoms with van der Waals surface area (Å²) in [7, 11) is 0. The van der Waals surface area contributed by atoms with E-state index in [0.29, 0.717) is 12.8 Å². The Kier molecular flexibility index (Phi) is 1.87. The van der Waals surface area contributed by atoms with E-state index in [9.17, 15) is 14.7 Å². The number of carboxylic acid groups (broad SMARTS) is 1. The van der Waals surface area contributed by atoms with E-state index >= 15 is 0 Å². The topological polar surface area (TPSA) is 54.4 Å². The summed E-state index contributed by atoms with van der Waals surface area (Å²) < 4.78 is 0. The number of carboxylic acids is 1. The van der Waals surface area contributed by atoms with E-state index in [0.717, 1.165) is 6.42 Å². The van der Waals surface area contributed by atoms with Crippen molar-refractivity contribution >= 4 is 11.8 Å². The van der Waals surface area contributed by atoms with Gasteiger partial charge in [-0.3, -0.25) is 9.59 Å². The van der Waals surface area contributed by atoms with Gasteiger partial charge in [-0.05, 0) is 24.7 Å². The summed E-state index contributed by atoms with van der Waals surface area (Å²) in [6, 6.07) is 0. The van der Waals surface area contributed by atoms with Gasteiger partial charge in [0, 0.05) is 11.8 Å². The van der Waals surface area contributed by atoms with Gasteiger partial charge in [0.15, 0.2) is 0 Å². The van der Waals surface area contributed by atoms with Crippen LogP contribution in [0.1, 0.15) is 46.5 Å². The number of carbonyl (C=O) groups is 2. The molecule has 3 fully saturated rings. The van der Waals surface area contributed by atoms with Gasteiger partial charge >= 0.3 is 5.97 Å². The minimum absolute atomic E-state index is 0.146. The number of hydrogen-bond donors (Lipinski definition) is 1. The van der Waals surface area contributed by atoms with Crippen molar-refractivity contribution in [1.29, 1.82) is 0 Å². The first-order chi connectivity index (χ1) is 6.74. The van der Waals surface area contributed by atoms with Gasteiger partial charge in [0.05, 0.1) is 5.41 Å². The number of carbonyl (C=O) groups excluding carboxylic acids is 1. The van der Waals surface area contributed by atoms with E-state index in [2.05, 4.69) is 0 Å². The van der Waals surface area contributed by atoms with Crippen LogP contribution in [0.5, 0.6) is 0 Å². The minimum Gasteiger partial charge on any atom is -0.481 e. The van der Waals surface area contributed by atoms with E-state index in [4.69, 9.17) is 0 Å². The molecule has 84 valence electrons. The molecule has 15 heavy (non-hydrogen) atoms. The molecule has 0 radical (unpaired) electrons. The smallest absolute Gasteiger partial charge is 0.310 e. The zero-order valence-electron chi connectivity index (χ0n) is 9.59. The van der Waals surface area contributed by atoms with Crippen molar-refractivity contribution in [2.45, 2.75) is 46.5 Å². The standard InChI is InChI=1S/C12H18O3/c1-10(2)7-12(9(14)15)5-4-11(10,3)8(13)6-12/h4-7H2,1-3H3,(H,14,15)/t11-,12+/m1/s1.